The van der Waals surface area contributed by atoms with Crippen molar-refractivity contribution >= 4 is 46.7 Å². The van der Waals surface area contributed by atoms with Crippen LogP contribution in [0.5, 0.6) is 0 Å². The van der Waals surface area contributed by atoms with Gasteiger partial charge in [-0.05, 0) is 59.9 Å². The molecule has 0 saturated heterocycles. The summed E-state index contributed by atoms with van der Waals surface area (Å²) in [5.74, 6) is 0. The topological polar surface area (TPSA) is 48.8 Å². The molecule has 2 aliphatic rings. The Labute approximate surface area is 243 Å². The number of benzene rings is 3. The van der Waals surface area contributed by atoms with Crippen molar-refractivity contribution in [3.63, 3.8) is 0 Å². The molecule has 3 aromatic carbocycles. The van der Waals surface area contributed by atoms with Crippen LogP contribution in [0.2, 0.25) is 0 Å². The number of nitrogens with zero attached hydrogens (tertiary/aromatic N) is 2. The first-order valence-corrected chi connectivity index (χ1v) is 15.4. The predicted octanol–water partition coefficient (Wildman–Crippen LogP) is 9.02. The number of aryl methyl sites for hydroxylation is 2. The van der Waals surface area contributed by atoms with Gasteiger partial charge >= 0.3 is 0 Å². The van der Waals surface area contributed by atoms with Crippen LogP contribution in [0, 0.1) is 6.92 Å². The first-order valence-electron chi connectivity index (χ1n) is 13.7. The van der Waals surface area contributed by atoms with Gasteiger partial charge in [0.15, 0.2) is 0 Å². The van der Waals surface area contributed by atoms with E-state index in [4.69, 9.17) is 9.98 Å². The molecule has 4 nitrogen and oxygen atoms in total. The average Bonchev–Trinajstić information content (AvgIpc) is 3.60. The fourth-order valence-corrected chi connectivity index (χ4v) is 8.20. The summed E-state index contributed by atoms with van der Waals surface area (Å²) in [6, 6.07) is 30.9. The zero-order valence-electron chi connectivity index (χ0n) is 22.5. The van der Waals surface area contributed by atoms with E-state index in [1.165, 1.54) is 52.9 Å². The largest absolute Gasteiger partial charge is 0.346 e. The molecular formula is C34H30N4S2. The second-order valence-electron chi connectivity index (χ2n) is 10.3. The highest BCUT2D eigenvalue weighted by Gasteiger charge is 2.25. The Balaban J connectivity index is 1.16. The van der Waals surface area contributed by atoms with Gasteiger partial charge in [0.1, 0.15) is 12.1 Å². The fourth-order valence-electron chi connectivity index (χ4n) is 5.74. The highest BCUT2D eigenvalue weighted by atomic mass is 32.1. The van der Waals surface area contributed by atoms with Crippen molar-refractivity contribution in [1.82, 2.24) is 0 Å². The van der Waals surface area contributed by atoms with Gasteiger partial charge in [-0.3, -0.25) is 9.98 Å². The SMILES string of the molecule is CCc1cc(Cc2ccc(-c3cc(C)sc3C3N=CNc4ccccc43)cc2)sc1C1N=CNc2ccccc21. The quantitative estimate of drug-likeness (QED) is 0.218. The highest BCUT2D eigenvalue weighted by molar-refractivity contribution is 7.12. The molecule has 2 aromatic heterocycles. The molecule has 4 heterocycles. The standard InChI is InChI=1S/C34H30N4S2/c1-3-23-18-25(40-33(23)31-26-8-4-6-10-29(26)35-19-37-31)17-22-12-14-24(15-13-22)28-16-21(2)39-34(28)32-27-9-5-7-11-30(27)36-20-38-32/h4-16,18-20,31-32H,3,17H2,1-2H3,(H,35,37)(H,36,38). The lowest BCUT2D eigenvalue weighted by molar-refractivity contribution is 0.873. The summed E-state index contributed by atoms with van der Waals surface area (Å²) in [4.78, 5) is 15.0. The molecule has 0 spiro atoms. The summed E-state index contributed by atoms with van der Waals surface area (Å²) in [5, 5.41) is 6.60. The maximum Gasteiger partial charge on any atom is 0.113 e. The molecule has 7 rings (SSSR count). The Kier molecular flexibility index (Phi) is 6.58. The van der Waals surface area contributed by atoms with Crippen LogP contribution in [-0.2, 0) is 12.8 Å². The van der Waals surface area contributed by atoms with Crippen LogP contribution < -0.4 is 10.6 Å². The Morgan fingerprint density at radius 3 is 2.00 bits per heavy atom. The van der Waals surface area contributed by atoms with Gasteiger partial charge in [0.2, 0.25) is 0 Å². The smallest absolute Gasteiger partial charge is 0.113 e. The molecule has 198 valence electrons. The number of rotatable bonds is 6. The van der Waals surface area contributed by atoms with Crippen LogP contribution in [0.4, 0.5) is 11.4 Å². The molecule has 2 atom stereocenters. The Bertz CT molecular complexity index is 1740. The fraction of sp³-hybridized carbons (Fsp3) is 0.176. The molecule has 0 saturated carbocycles. The number of hydrogen-bond donors (Lipinski definition) is 2. The van der Waals surface area contributed by atoms with Crippen molar-refractivity contribution in [2.24, 2.45) is 9.98 Å². The minimum absolute atomic E-state index is 0.0191. The van der Waals surface area contributed by atoms with Gasteiger partial charge in [-0.1, -0.05) is 67.6 Å². The molecule has 2 N–H and O–H groups in total. The zero-order chi connectivity index (χ0) is 27.1. The summed E-state index contributed by atoms with van der Waals surface area (Å²) in [5.41, 5.74) is 10.0. The van der Waals surface area contributed by atoms with Crippen LogP contribution in [0.1, 0.15) is 60.8 Å². The average molecular weight is 559 g/mol. The third kappa shape index (κ3) is 4.57. The van der Waals surface area contributed by atoms with Crippen molar-refractivity contribution in [3.05, 3.63) is 127 Å². The molecule has 0 aliphatic carbocycles. The number of thiophene rings is 2. The van der Waals surface area contributed by atoms with Gasteiger partial charge in [-0.2, -0.15) is 0 Å². The van der Waals surface area contributed by atoms with Crippen LogP contribution in [0.25, 0.3) is 11.1 Å². The van der Waals surface area contributed by atoms with Gasteiger partial charge in [0.25, 0.3) is 0 Å². The number of para-hydroxylation sites is 2. The number of anilines is 2. The molecular weight excluding hydrogens is 529 g/mol. The van der Waals surface area contributed by atoms with Crippen LogP contribution >= 0.6 is 22.7 Å². The van der Waals surface area contributed by atoms with E-state index in [9.17, 15) is 0 Å². The molecule has 0 bridgehead atoms. The minimum Gasteiger partial charge on any atom is -0.346 e. The van der Waals surface area contributed by atoms with Crippen molar-refractivity contribution in [2.75, 3.05) is 10.6 Å². The maximum absolute atomic E-state index is 4.85. The molecule has 6 heteroatoms. The third-order valence-corrected chi connectivity index (χ3v) is 10.0. The molecule has 0 radical (unpaired) electrons. The van der Waals surface area contributed by atoms with Crippen molar-refractivity contribution < 1.29 is 0 Å². The molecule has 40 heavy (non-hydrogen) atoms. The zero-order valence-corrected chi connectivity index (χ0v) is 24.2. The summed E-state index contributed by atoms with van der Waals surface area (Å²) < 4.78 is 0. The Morgan fingerprint density at radius 1 is 0.725 bits per heavy atom. The van der Waals surface area contributed by atoms with Gasteiger partial charge in [-0.15, -0.1) is 22.7 Å². The number of nitrogens with one attached hydrogen (secondary N) is 2. The number of hydrogen-bond acceptors (Lipinski definition) is 6. The molecule has 2 unspecified atom stereocenters. The molecule has 2 aliphatic heterocycles. The second-order valence-corrected chi connectivity index (χ2v) is 12.7. The first kappa shape index (κ1) is 25.0. The molecule has 0 fully saturated rings. The Hall–Kier alpha value is -4.00. The van der Waals surface area contributed by atoms with E-state index in [0.29, 0.717) is 0 Å². The van der Waals surface area contributed by atoms with E-state index < -0.39 is 0 Å². The van der Waals surface area contributed by atoms with Crippen LogP contribution in [0.15, 0.2) is 94.9 Å². The predicted molar refractivity (Wildman–Crippen MR) is 172 cm³/mol. The van der Waals surface area contributed by atoms with E-state index in [0.717, 1.165) is 24.2 Å². The first-order chi connectivity index (χ1) is 19.7. The van der Waals surface area contributed by atoms with Gasteiger partial charge in [0, 0.05) is 48.4 Å². The monoisotopic (exact) mass is 558 g/mol. The van der Waals surface area contributed by atoms with Crippen molar-refractivity contribution in [3.8, 4) is 11.1 Å². The summed E-state index contributed by atoms with van der Waals surface area (Å²) in [6.07, 6.45) is 5.62. The lowest BCUT2D eigenvalue weighted by Crippen LogP contribution is -2.11. The minimum atomic E-state index is 0.0191. The van der Waals surface area contributed by atoms with Crippen molar-refractivity contribution in [2.45, 2.75) is 38.8 Å². The molecule has 5 aromatic rings. The summed E-state index contributed by atoms with van der Waals surface area (Å²) in [7, 11) is 0. The molecule has 0 amide bonds. The summed E-state index contributed by atoms with van der Waals surface area (Å²) >= 11 is 3.75. The van der Waals surface area contributed by atoms with Gasteiger partial charge in [-0.25, -0.2) is 0 Å². The van der Waals surface area contributed by atoms with Crippen molar-refractivity contribution in [1.29, 1.82) is 0 Å². The van der Waals surface area contributed by atoms with E-state index >= 15 is 0 Å². The van der Waals surface area contributed by atoms with E-state index in [-0.39, 0.29) is 12.1 Å². The maximum atomic E-state index is 4.85. The number of aliphatic imine (C=N–C) groups is 2. The van der Waals surface area contributed by atoms with E-state index in [2.05, 4.69) is 109 Å². The van der Waals surface area contributed by atoms with Crippen LogP contribution in [-0.4, -0.2) is 12.7 Å². The van der Waals surface area contributed by atoms with Gasteiger partial charge in [0.05, 0.1) is 12.7 Å². The van der Waals surface area contributed by atoms with Gasteiger partial charge < -0.3 is 10.6 Å². The normalized spacial score (nSPS) is 17.1. The number of fused-ring (bicyclic) bond motifs is 2. The third-order valence-electron chi connectivity index (χ3n) is 7.70. The lowest BCUT2D eigenvalue weighted by Gasteiger charge is -2.21. The summed E-state index contributed by atoms with van der Waals surface area (Å²) in [6.45, 7) is 4.43. The van der Waals surface area contributed by atoms with Crippen LogP contribution in [0.3, 0.4) is 0 Å². The van der Waals surface area contributed by atoms with E-state index in [1.807, 2.05) is 35.4 Å². The van der Waals surface area contributed by atoms with E-state index in [1.54, 1.807) is 0 Å². The highest BCUT2D eigenvalue weighted by Crippen LogP contribution is 2.44. The lowest BCUT2D eigenvalue weighted by atomic mass is 9.96. The second kappa shape index (κ2) is 10.5. The Morgan fingerprint density at radius 2 is 1.35 bits per heavy atom.